The van der Waals surface area contributed by atoms with Crippen molar-refractivity contribution < 1.29 is 49.3 Å². The van der Waals surface area contributed by atoms with Crippen LogP contribution >= 0.6 is 21.6 Å². The second-order valence-electron chi connectivity index (χ2n) is 18.7. The molecule has 0 aromatic heterocycles. The number of hydrogen-bond donors (Lipinski definition) is 8. The van der Waals surface area contributed by atoms with Crippen molar-refractivity contribution in [2.45, 2.75) is 140 Å². The Morgan fingerprint density at radius 2 is 1.85 bits per heavy atom. The van der Waals surface area contributed by atoms with Crippen LogP contribution in [0.25, 0.3) is 0 Å². The molecular weight excluding hydrogens is 881 g/mol. The molecule has 6 bridgehead atoms. The number of carbonyl (C=O) groups is 1. The van der Waals surface area contributed by atoms with Crippen molar-refractivity contribution in [2.24, 2.45) is 34.4 Å². The van der Waals surface area contributed by atoms with Gasteiger partial charge in [-0.1, -0.05) is 84.1 Å². The molecule has 2 aromatic carbocycles. The summed E-state index contributed by atoms with van der Waals surface area (Å²) in [7, 11) is 5.13. The lowest BCUT2D eigenvalue weighted by Gasteiger charge is -2.45. The summed E-state index contributed by atoms with van der Waals surface area (Å²) in [6.45, 7) is 3.65. The number of aromatic hydroxyl groups is 1. The molecule has 360 valence electrons. The minimum absolute atomic E-state index is 0.0144. The van der Waals surface area contributed by atoms with E-state index in [9.17, 15) is 30.3 Å². The van der Waals surface area contributed by atoms with Gasteiger partial charge in [-0.05, 0) is 80.4 Å². The van der Waals surface area contributed by atoms with Crippen molar-refractivity contribution in [1.82, 2.24) is 10.6 Å². The van der Waals surface area contributed by atoms with Crippen molar-refractivity contribution in [3.05, 3.63) is 46.0 Å². The first-order valence-corrected chi connectivity index (χ1v) is 26.1. The van der Waals surface area contributed by atoms with Gasteiger partial charge in [-0.3, -0.25) is 10.1 Å². The van der Waals surface area contributed by atoms with Crippen LogP contribution in [-0.2, 0) is 35.2 Å². The van der Waals surface area contributed by atoms with Gasteiger partial charge in [-0.25, -0.2) is 4.99 Å². The molecule has 6 aliphatic rings. The molecule has 14 nitrogen and oxygen atoms in total. The number of guanidine groups is 1. The van der Waals surface area contributed by atoms with Crippen molar-refractivity contribution in [3.8, 4) is 46.7 Å². The van der Waals surface area contributed by atoms with Crippen molar-refractivity contribution in [3.63, 3.8) is 0 Å². The standard InChI is InChI=1S/C50H68N4O10S2/c1-30(2)43-27-66-65-26-41-40-24-39-32-13-17-36(58)23-35(57)16-12-31-14-19-44(59)46(63-29-56)38(31)10-6-8-33(22-32)45(47(39)64-48(40)60)62-28-52-50(21-7-11-42(41)53-49(51)54-43)20-5-4-9-34(50)15-18-37(25-55)61-3/h14,19,22,30,34,36-37,40-43,48,52,55-56,58-60H,4-5,8-9,12-13,15-18,20-21,23-29H2,1-3H3,(H3,51,53,54). The Labute approximate surface area is 397 Å². The Hall–Kier alpha value is -3.84. The van der Waals surface area contributed by atoms with Gasteiger partial charge in [0.05, 0.1) is 36.5 Å². The third-order valence-electron chi connectivity index (χ3n) is 14.2. The van der Waals surface area contributed by atoms with Gasteiger partial charge in [0.2, 0.25) is 6.29 Å². The average Bonchev–Trinajstić information content (AvgIpc) is 3.29. The molecule has 9 unspecified atom stereocenters. The van der Waals surface area contributed by atoms with Gasteiger partial charge in [0, 0.05) is 72.8 Å². The number of carbonyl (C=O) groups excluding carboxylic acids is 1. The predicted octanol–water partition coefficient (Wildman–Crippen LogP) is 4.74. The van der Waals surface area contributed by atoms with Crippen LogP contribution in [0.5, 0.6) is 23.0 Å². The molecule has 1 spiro atoms. The molecule has 1 saturated carbocycles. The van der Waals surface area contributed by atoms with E-state index in [0.717, 1.165) is 49.0 Å². The highest BCUT2D eigenvalue weighted by molar-refractivity contribution is 8.76. The molecule has 9 atom stereocenters. The number of methoxy groups -OCH3 is 1. The minimum atomic E-state index is -1.24. The van der Waals surface area contributed by atoms with E-state index in [0.29, 0.717) is 78.4 Å². The Balaban J connectivity index is 1.37. The van der Waals surface area contributed by atoms with Crippen molar-refractivity contribution in [2.75, 3.05) is 38.7 Å². The van der Waals surface area contributed by atoms with E-state index in [-0.39, 0.29) is 79.8 Å². The van der Waals surface area contributed by atoms with Crippen LogP contribution in [0.1, 0.15) is 106 Å². The zero-order valence-corrected chi connectivity index (χ0v) is 40.1. The smallest absolute Gasteiger partial charge is 0.201 e. The number of fused-ring (bicyclic) bond motifs is 7. The molecule has 4 heterocycles. The molecule has 66 heavy (non-hydrogen) atoms. The average molecular weight is 949 g/mol. The van der Waals surface area contributed by atoms with Gasteiger partial charge >= 0.3 is 0 Å². The first-order chi connectivity index (χ1) is 31.9. The van der Waals surface area contributed by atoms with E-state index in [2.05, 4.69) is 54.2 Å². The monoisotopic (exact) mass is 948 g/mol. The van der Waals surface area contributed by atoms with Crippen LogP contribution < -0.4 is 30.6 Å². The van der Waals surface area contributed by atoms with Crippen LogP contribution in [0, 0.1) is 47.4 Å². The van der Waals surface area contributed by atoms with E-state index in [4.69, 9.17) is 29.7 Å². The minimum Gasteiger partial charge on any atom is -0.504 e. The fourth-order valence-electron chi connectivity index (χ4n) is 10.2. The summed E-state index contributed by atoms with van der Waals surface area (Å²) in [5.74, 6) is 15.9. The van der Waals surface area contributed by atoms with E-state index >= 15 is 0 Å². The Morgan fingerprint density at radius 3 is 2.64 bits per heavy atom. The number of hydrogen-bond acceptors (Lipinski definition) is 16. The lowest BCUT2D eigenvalue weighted by molar-refractivity contribution is -0.121. The van der Waals surface area contributed by atoms with Crippen LogP contribution in [0.3, 0.4) is 0 Å². The molecule has 4 aliphatic heterocycles. The highest BCUT2D eigenvalue weighted by Crippen LogP contribution is 2.47. The highest BCUT2D eigenvalue weighted by atomic mass is 33.1. The Bertz CT molecular complexity index is 2170. The summed E-state index contributed by atoms with van der Waals surface area (Å²) < 4.78 is 24.6. The molecule has 0 radical (unpaired) electrons. The fraction of sp³-hybridized carbons (Fsp3) is 0.640. The van der Waals surface area contributed by atoms with Crippen LogP contribution in [0.15, 0.2) is 23.2 Å². The number of ketones is 1. The number of nitrogens with two attached hydrogens (primary N) is 1. The molecule has 16 heteroatoms. The summed E-state index contributed by atoms with van der Waals surface area (Å²) in [4.78, 5) is 18.2. The Kier molecular flexibility index (Phi) is 17.8. The van der Waals surface area contributed by atoms with Crippen LogP contribution in [0.4, 0.5) is 0 Å². The maximum absolute atomic E-state index is 13.3. The second-order valence-corrected chi connectivity index (χ2v) is 21.3. The topological polar surface area (TPSA) is 218 Å². The van der Waals surface area contributed by atoms with Gasteiger partial charge in [0.15, 0.2) is 35.8 Å². The maximum Gasteiger partial charge on any atom is 0.201 e. The van der Waals surface area contributed by atoms with Gasteiger partial charge in [-0.2, -0.15) is 0 Å². The fourth-order valence-corrected chi connectivity index (χ4v) is 13.1. The van der Waals surface area contributed by atoms with Crippen molar-refractivity contribution in [1.29, 1.82) is 0 Å². The van der Waals surface area contributed by atoms with E-state index in [1.807, 2.05) is 0 Å². The van der Waals surface area contributed by atoms with E-state index in [1.165, 1.54) is 6.07 Å². The molecule has 1 fully saturated rings. The van der Waals surface area contributed by atoms with Crippen LogP contribution in [-0.4, -0.2) is 112 Å². The maximum atomic E-state index is 13.3. The molecule has 2 aromatic rings. The number of ether oxygens (including phenoxy) is 4. The number of rotatable bonds is 8. The molecule has 2 aliphatic carbocycles. The summed E-state index contributed by atoms with van der Waals surface area (Å²) in [6.07, 6.45) is 5.31. The number of phenols is 1. The number of benzene rings is 2. The number of aliphatic hydroxyl groups is 4. The number of aliphatic imine (C=N–C) groups is 1. The number of nitrogens with zero attached hydrogens (tertiary/aromatic N) is 1. The quantitative estimate of drug-likeness (QED) is 0.102. The number of Topliss-reactive ketones (excluding diaryl/α,β-unsaturated/α-hetero) is 1. The molecule has 8 rings (SSSR count). The summed E-state index contributed by atoms with van der Waals surface area (Å²) in [5.41, 5.74) is 9.77. The molecule has 0 saturated heterocycles. The van der Waals surface area contributed by atoms with E-state index < -0.39 is 36.7 Å². The number of aliphatic hydroxyl groups excluding tert-OH is 4. The first kappa shape index (κ1) is 50.0. The zero-order chi connectivity index (χ0) is 46.8. The number of phenolic OH excluding ortho intramolecular Hbond substituents is 1. The molecular formula is C50H68N4O10S2. The lowest BCUT2D eigenvalue weighted by atomic mass is 9.69. The Morgan fingerprint density at radius 1 is 1.02 bits per heavy atom. The van der Waals surface area contributed by atoms with Gasteiger partial charge in [-0.15, -0.1) is 0 Å². The second kappa shape index (κ2) is 23.4. The first-order valence-electron chi connectivity index (χ1n) is 23.6. The SMILES string of the molecule is COC(CO)CCC1CCCCC12CC#CC1NC(N)=NC(C(C)C)CSSCC1C1Cc3c4cc(c(c3OC1O)OCN2)CC#Cc1c(ccc(O)c1OCO)CCC(=O)CC(O)CC4. The summed E-state index contributed by atoms with van der Waals surface area (Å²) in [6, 6.07) is 4.74. The van der Waals surface area contributed by atoms with Gasteiger partial charge in [0.1, 0.15) is 12.5 Å². The third-order valence-corrected chi connectivity index (χ3v) is 16.7. The zero-order valence-electron chi connectivity index (χ0n) is 38.5. The van der Waals surface area contributed by atoms with Crippen molar-refractivity contribution >= 4 is 33.3 Å². The predicted molar refractivity (Wildman–Crippen MR) is 257 cm³/mol. The van der Waals surface area contributed by atoms with E-state index in [1.54, 1.807) is 34.8 Å². The summed E-state index contributed by atoms with van der Waals surface area (Å²) in [5, 5.41) is 61.5. The molecule has 0 amide bonds. The number of aryl methyl sites for hydroxylation is 2. The van der Waals surface area contributed by atoms with Crippen LogP contribution in [0.2, 0.25) is 0 Å². The normalized spacial score (nSPS) is 28.9. The largest absolute Gasteiger partial charge is 0.504 e. The highest BCUT2D eigenvalue weighted by Gasteiger charge is 2.44. The summed E-state index contributed by atoms with van der Waals surface area (Å²) >= 11 is 0. The van der Waals surface area contributed by atoms with Gasteiger partial charge in [0.25, 0.3) is 0 Å². The number of nitrogens with one attached hydrogen (secondary N) is 2. The molecule has 9 N–H and O–H groups in total. The van der Waals surface area contributed by atoms with Gasteiger partial charge < -0.3 is 55.5 Å². The lowest BCUT2D eigenvalue weighted by Crippen LogP contribution is -2.54. The third kappa shape index (κ3) is 12.1.